The van der Waals surface area contributed by atoms with E-state index in [4.69, 9.17) is 23.2 Å². The summed E-state index contributed by atoms with van der Waals surface area (Å²) in [6, 6.07) is 15.8. The highest BCUT2D eigenvalue weighted by Gasteiger charge is 2.14. The van der Waals surface area contributed by atoms with E-state index < -0.39 is 0 Å². The van der Waals surface area contributed by atoms with Crippen LogP contribution in [-0.4, -0.2) is 19.0 Å². The predicted octanol–water partition coefficient (Wildman–Crippen LogP) is 3.37. The molecule has 0 unspecified atom stereocenters. The minimum atomic E-state index is 0.0417. The molecule has 2 aromatic rings. The number of rotatable bonds is 8. The Bertz CT molecular complexity index is 662. The third kappa shape index (κ3) is 6.16. The third-order valence-corrected chi connectivity index (χ3v) is 4.48. The lowest BCUT2D eigenvalue weighted by atomic mass is 10.1. The number of nitrogens with one attached hydrogen (secondary N) is 1. The van der Waals surface area contributed by atoms with Crippen LogP contribution in [0.3, 0.4) is 0 Å². The van der Waals surface area contributed by atoms with E-state index in [-0.39, 0.29) is 11.9 Å². The Labute approximate surface area is 153 Å². The molecule has 24 heavy (non-hydrogen) atoms. The van der Waals surface area contributed by atoms with E-state index in [1.165, 1.54) is 5.56 Å². The van der Waals surface area contributed by atoms with E-state index in [0.29, 0.717) is 23.1 Å². The van der Waals surface area contributed by atoms with Crippen LogP contribution in [0.25, 0.3) is 0 Å². The topological polar surface area (TPSA) is 45.7 Å². The van der Waals surface area contributed by atoms with Gasteiger partial charge in [-0.2, -0.15) is 0 Å². The van der Waals surface area contributed by atoms with Crippen LogP contribution in [0, 0.1) is 0 Å². The maximum atomic E-state index is 11.9. The molecule has 0 aliphatic carbocycles. The number of benzene rings is 2. The Morgan fingerprint density at radius 3 is 2.62 bits per heavy atom. The second-order valence-electron chi connectivity index (χ2n) is 5.83. The Balaban J connectivity index is 1.67. The van der Waals surface area contributed by atoms with Crippen LogP contribution >= 0.6 is 23.2 Å². The minimum Gasteiger partial charge on any atom is -0.351 e. The number of hydrogen-bond donors (Lipinski definition) is 2. The van der Waals surface area contributed by atoms with Crippen molar-refractivity contribution in [3.63, 3.8) is 0 Å². The second-order valence-corrected chi connectivity index (χ2v) is 6.68. The van der Waals surface area contributed by atoms with Crippen LogP contribution in [0.4, 0.5) is 0 Å². The lowest BCUT2D eigenvalue weighted by Gasteiger charge is -2.13. The summed E-state index contributed by atoms with van der Waals surface area (Å²) in [5.41, 5.74) is 2.28. The molecular weight excluding hydrogens is 343 g/mol. The number of amides is 1. The predicted molar refractivity (Wildman–Crippen MR) is 99.4 cm³/mol. The molecule has 0 radical (unpaired) electrons. The van der Waals surface area contributed by atoms with Crippen molar-refractivity contribution in [2.45, 2.75) is 25.8 Å². The van der Waals surface area contributed by atoms with Crippen molar-refractivity contribution >= 4 is 29.1 Å². The van der Waals surface area contributed by atoms with Gasteiger partial charge in [-0.3, -0.25) is 4.79 Å². The lowest BCUT2D eigenvalue weighted by molar-refractivity contribution is -0.682. The van der Waals surface area contributed by atoms with Gasteiger partial charge in [0.05, 0.1) is 5.02 Å². The first-order valence-corrected chi connectivity index (χ1v) is 8.91. The quantitative estimate of drug-likeness (QED) is 0.692. The molecule has 3 nitrogen and oxygen atoms in total. The molecule has 0 saturated carbocycles. The fourth-order valence-electron chi connectivity index (χ4n) is 2.52. The van der Waals surface area contributed by atoms with Crippen LogP contribution in [0.2, 0.25) is 10.0 Å². The molecule has 0 spiro atoms. The second kappa shape index (κ2) is 9.67. The summed E-state index contributed by atoms with van der Waals surface area (Å²) in [5.74, 6) is 0.0417. The van der Waals surface area contributed by atoms with Gasteiger partial charge in [-0.25, -0.2) is 0 Å². The Hall–Kier alpha value is -1.55. The van der Waals surface area contributed by atoms with Gasteiger partial charge in [0, 0.05) is 17.1 Å². The Kier molecular flexibility index (Phi) is 7.57. The summed E-state index contributed by atoms with van der Waals surface area (Å²) in [6.07, 6.45) is 1.91. The maximum absolute atomic E-state index is 11.9. The zero-order valence-corrected chi connectivity index (χ0v) is 15.3. The average Bonchev–Trinajstić information content (AvgIpc) is 2.57. The first-order chi connectivity index (χ1) is 11.6. The van der Waals surface area contributed by atoms with E-state index >= 15 is 0 Å². The molecule has 0 heterocycles. The Morgan fingerprint density at radius 2 is 1.92 bits per heavy atom. The SMILES string of the molecule is C[C@H]([NH2+]CC(=O)NCCCc1ccccc1)c1ccc(Cl)cc1Cl. The van der Waals surface area contributed by atoms with E-state index in [1.54, 1.807) is 6.07 Å². The molecule has 1 atom stereocenters. The van der Waals surface area contributed by atoms with Gasteiger partial charge in [-0.15, -0.1) is 0 Å². The highest BCUT2D eigenvalue weighted by Crippen LogP contribution is 2.24. The molecule has 128 valence electrons. The fraction of sp³-hybridized carbons (Fsp3) is 0.316. The van der Waals surface area contributed by atoms with Crippen molar-refractivity contribution in [3.8, 4) is 0 Å². The van der Waals surface area contributed by atoms with Crippen LogP contribution in [0.1, 0.15) is 30.5 Å². The third-order valence-electron chi connectivity index (χ3n) is 3.92. The maximum Gasteiger partial charge on any atom is 0.275 e. The van der Waals surface area contributed by atoms with E-state index in [2.05, 4.69) is 17.4 Å². The normalized spacial score (nSPS) is 12.0. The number of hydrogen-bond acceptors (Lipinski definition) is 1. The van der Waals surface area contributed by atoms with Crippen molar-refractivity contribution in [1.82, 2.24) is 5.32 Å². The smallest absolute Gasteiger partial charge is 0.275 e. The molecule has 0 aliphatic rings. The first-order valence-electron chi connectivity index (χ1n) is 8.15. The summed E-state index contributed by atoms with van der Waals surface area (Å²) in [5, 5.41) is 6.18. The average molecular weight is 366 g/mol. The summed E-state index contributed by atoms with van der Waals surface area (Å²) in [4.78, 5) is 11.9. The number of quaternary nitrogens is 1. The van der Waals surface area contributed by atoms with Gasteiger partial charge < -0.3 is 10.6 Å². The standard InChI is InChI=1S/C19H22Cl2N2O/c1-14(17-10-9-16(20)12-18(17)21)23-13-19(24)22-11-5-8-15-6-3-2-4-7-15/h2-4,6-7,9-10,12,14,23H,5,8,11,13H2,1H3,(H,22,24)/p+1/t14-/m0/s1. The van der Waals surface area contributed by atoms with Crippen LogP contribution in [0.5, 0.6) is 0 Å². The highest BCUT2D eigenvalue weighted by atomic mass is 35.5. The van der Waals surface area contributed by atoms with Gasteiger partial charge >= 0.3 is 0 Å². The van der Waals surface area contributed by atoms with Crippen molar-refractivity contribution in [1.29, 1.82) is 0 Å². The van der Waals surface area contributed by atoms with Crippen molar-refractivity contribution < 1.29 is 10.1 Å². The Morgan fingerprint density at radius 1 is 1.17 bits per heavy atom. The van der Waals surface area contributed by atoms with Crippen molar-refractivity contribution in [2.75, 3.05) is 13.1 Å². The molecule has 3 N–H and O–H groups in total. The first kappa shape index (κ1) is 18.8. The molecule has 2 aromatic carbocycles. The lowest BCUT2D eigenvalue weighted by Crippen LogP contribution is -2.87. The van der Waals surface area contributed by atoms with Crippen LogP contribution in [-0.2, 0) is 11.2 Å². The van der Waals surface area contributed by atoms with E-state index in [9.17, 15) is 4.79 Å². The molecule has 0 aromatic heterocycles. The number of carbonyl (C=O) groups is 1. The fourth-order valence-corrected chi connectivity index (χ4v) is 3.10. The van der Waals surface area contributed by atoms with Crippen LogP contribution in [0.15, 0.2) is 48.5 Å². The van der Waals surface area contributed by atoms with Gasteiger partial charge in [0.25, 0.3) is 5.91 Å². The molecule has 0 saturated heterocycles. The molecular formula is C19H23Cl2N2O+. The van der Waals surface area contributed by atoms with Gasteiger partial charge in [-0.05, 0) is 37.5 Å². The highest BCUT2D eigenvalue weighted by molar-refractivity contribution is 6.35. The number of nitrogens with two attached hydrogens (primary N) is 1. The number of carbonyl (C=O) groups excluding carboxylic acids is 1. The minimum absolute atomic E-state index is 0.0417. The molecule has 1 amide bonds. The largest absolute Gasteiger partial charge is 0.351 e. The summed E-state index contributed by atoms with van der Waals surface area (Å²) in [7, 11) is 0. The molecule has 2 rings (SSSR count). The van der Waals surface area contributed by atoms with Crippen molar-refractivity contribution in [3.05, 3.63) is 69.7 Å². The monoisotopic (exact) mass is 365 g/mol. The molecule has 0 bridgehead atoms. The van der Waals surface area contributed by atoms with Gasteiger partial charge in [0.2, 0.25) is 0 Å². The summed E-state index contributed by atoms with van der Waals surface area (Å²) >= 11 is 12.1. The summed E-state index contributed by atoms with van der Waals surface area (Å²) in [6.45, 7) is 3.10. The zero-order valence-electron chi connectivity index (χ0n) is 13.8. The van der Waals surface area contributed by atoms with E-state index in [0.717, 1.165) is 18.4 Å². The van der Waals surface area contributed by atoms with Gasteiger partial charge in [0.15, 0.2) is 6.54 Å². The van der Waals surface area contributed by atoms with E-state index in [1.807, 2.05) is 42.6 Å². The van der Waals surface area contributed by atoms with Gasteiger partial charge in [0.1, 0.15) is 6.04 Å². The number of halogens is 2. The summed E-state index contributed by atoms with van der Waals surface area (Å²) < 4.78 is 0. The molecule has 5 heteroatoms. The van der Waals surface area contributed by atoms with Gasteiger partial charge in [-0.1, -0.05) is 59.6 Å². The zero-order chi connectivity index (χ0) is 17.4. The number of aryl methyl sites for hydroxylation is 1. The van der Waals surface area contributed by atoms with Crippen LogP contribution < -0.4 is 10.6 Å². The molecule has 0 fully saturated rings. The molecule has 0 aliphatic heterocycles. The van der Waals surface area contributed by atoms with Crippen molar-refractivity contribution in [2.24, 2.45) is 0 Å².